The molecule has 0 radical (unpaired) electrons. The van der Waals surface area contributed by atoms with Gasteiger partial charge in [0.15, 0.2) is 6.61 Å². The Kier molecular flexibility index (Phi) is 6.78. The standard InChI is InChI=1S/C26H28N2O2/c29-26(20-30-25-11-5-4-10-24(25)23-8-2-1-3-9-23)27-18-21-12-14-22(15-13-21)19-28-16-6-7-17-28/h1-5,8-15H,6-7,16-20H2,(H,27,29)/p+1. The summed E-state index contributed by atoms with van der Waals surface area (Å²) < 4.78 is 5.82. The summed E-state index contributed by atoms with van der Waals surface area (Å²) in [6, 6.07) is 26.4. The van der Waals surface area contributed by atoms with E-state index in [2.05, 4.69) is 29.6 Å². The molecule has 3 aromatic carbocycles. The zero-order valence-electron chi connectivity index (χ0n) is 17.3. The van der Waals surface area contributed by atoms with Gasteiger partial charge in [0.05, 0.1) is 13.1 Å². The normalized spacial score (nSPS) is 13.9. The van der Waals surface area contributed by atoms with Crippen molar-refractivity contribution in [2.24, 2.45) is 0 Å². The van der Waals surface area contributed by atoms with Crippen molar-refractivity contribution in [1.82, 2.24) is 5.32 Å². The van der Waals surface area contributed by atoms with E-state index in [9.17, 15) is 4.79 Å². The van der Waals surface area contributed by atoms with Crippen molar-refractivity contribution in [3.05, 3.63) is 90.0 Å². The number of quaternary nitrogens is 1. The number of hydrogen-bond acceptors (Lipinski definition) is 2. The maximum absolute atomic E-state index is 12.3. The number of amides is 1. The molecule has 1 aliphatic heterocycles. The van der Waals surface area contributed by atoms with E-state index in [1.165, 1.54) is 31.5 Å². The number of para-hydroxylation sites is 1. The number of rotatable bonds is 8. The van der Waals surface area contributed by atoms with Gasteiger partial charge in [-0.15, -0.1) is 0 Å². The Balaban J connectivity index is 1.27. The van der Waals surface area contributed by atoms with Gasteiger partial charge >= 0.3 is 0 Å². The van der Waals surface area contributed by atoms with Crippen LogP contribution in [-0.2, 0) is 17.9 Å². The van der Waals surface area contributed by atoms with Crippen LogP contribution in [0.2, 0.25) is 0 Å². The van der Waals surface area contributed by atoms with Gasteiger partial charge in [0, 0.05) is 30.5 Å². The summed E-state index contributed by atoms with van der Waals surface area (Å²) in [5.74, 6) is 0.594. The van der Waals surface area contributed by atoms with E-state index in [0.717, 1.165) is 23.2 Å². The van der Waals surface area contributed by atoms with Gasteiger partial charge in [-0.25, -0.2) is 0 Å². The van der Waals surface area contributed by atoms with E-state index < -0.39 is 0 Å². The van der Waals surface area contributed by atoms with Gasteiger partial charge < -0.3 is 15.0 Å². The molecule has 30 heavy (non-hydrogen) atoms. The fraction of sp³-hybridized carbons (Fsp3) is 0.269. The third-order valence-electron chi connectivity index (χ3n) is 5.61. The number of carbonyl (C=O) groups is 1. The lowest BCUT2D eigenvalue weighted by Crippen LogP contribution is -3.08. The largest absolute Gasteiger partial charge is 0.483 e. The number of likely N-dealkylation sites (tertiary alicyclic amines) is 1. The summed E-state index contributed by atoms with van der Waals surface area (Å²) >= 11 is 0. The van der Waals surface area contributed by atoms with Gasteiger partial charge in [-0.2, -0.15) is 0 Å². The molecule has 154 valence electrons. The molecule has 3 aromatic rings. The third kappa shape index (κ3) is 5.49. The molecule has 1 amide bonds. The van der Waals surface area contributed by atoms with Gasteiger partial charge in [0.2, 0.25) is 0 Å². The van der Waals surface area contributed by atoms with Crippen LogP contribution in [0.1, 0.15) is 24.0 Å². The van der Waals surface area contributed by atoms with Crippen LogP contribution in [0.4, 0.5) is 0 Å². The zero-order valence-corrected chi connectivity index (χ0v) is 17.3. The first-order chi connectivity index (χ1) is 14.8. The highest BCUT2D eigenvalue weighted by atomic mass is 16.5. The minimum atomic E-state index is -0.122. The Labute approximate surface area is 178 Å². The van der Waals surface area contributed by atoms with Gasteiger partial charge in [-0.1, -0.05) is 72.8 Å². The average Bonchev–Trinajstić information content (AvgIpc) is 3.31. The number of ether oxygens (including phenoxy) is 1. The average molecular weight is 402 g/mol. The van der Waals surface area contributed by atoms with Gasteiger partial charge in [0.1, 0.15) is 12.3 Å². The third-order valence-corrected chi connectivity index (χ3v) is 5.61. The van der Waals surface area contributed by atoms with Crippen molar-refractivity contribution in [1.29, 1.82) is 0 Å². The topological polar surface area (TPSA) is 42.8 Å². The predicted octanol–water partition coefficient (Wildman–Crippen LogP) is 3.23. The fourth-order valence-corrected chi connectivity index (χ4v) is 3.96. The zero-order chi connectivity index (χ0) is 20.6. The lowest BCUT2D eigenvalue weighted by molar-refractivity contribution is -0.901. The minimum Gasteiger partial charge on any atom is -0.483 e. The molecule has 4 nitrogen and oxygen atoms in total. The highest BCUT2D eigenvalue weighted by Crippen LogP contribution is 2.29. The molecule has 1 heterocycles. The second kappa shape index (κ2) is 10.1. The summed E-state index contributed by atoms with van der Waals surface area (Å²) in [5.41, 5.74) is 4.53. The Bertz CT molecular complexity index is 948. The number of carbonyl (C=O) groups excluding carboxylic acids is 1. The molecule has 4 heteroatoms. The molecule has 2 N–H and O–H groups in total. The molecule has 1 fully saturated rings. The van der Waals surface area contributed by atoms with Crippen LogP contribution >= 0.6 is 0 Å². The molecule has 0 aliphatic carbocycles. The summed E-state index contributed by atoms with van der Waals surface area (Å²) in [6.45, 7) is 4.18. The first kappa shape index (κ1) is 20.2. The molecule has 0 aromatic heterocycles. The van der Waals surface area contributed by atoms with E-state index in [1.54, 1.807) is 4.90 Å². The monoisotopic (exact) mass is 401 g/mol. The maximum Gasteiger partial charge on any atom is 0.258 e. The molecule has 1 saturated heterocycles. The number of hydrogen-bond donors (Lipinski definition) is 2. The summed E-state index contributed by atoms with van der Waals surface area (Å²) in [5, 5.41) is 2.95. The summed E-state index contributed by atoms with van der Waals surface area (Å²) in [6.07, 6.45) is 2.69. The molecule has 1 aliphatic rings. The molecule has 4 rings (SSSR count). The Hall–Kier alpha value is -3.11. The van der Waals surface area contributed by atoms with E-state index in [0.29, 0.717) is 12.3 Å². The molecule has 0 bridgehead atoms. The van der Waals surface area contributed by atoms with Gasteiger partial charge in [0.25, 0.3) is 5.91 Å². The van der Waals surface area contributed by atoms with Crippen molar-refractivity contribution in [2.45, 2.75) is 25.9 Å². The smallest absolute Gasteiger partial charge is 0.258 e. The number of nitrogens with one attached hydrogen (secondary N) is 2. The van der Waals surface area contributed by atoms with E-state index >= 15 is 0 Å². The minimum absolute atomic E-state index is 0.000248. The van der Waals surface area contributed by atoms with Crippen molar-refractivity contribution in [2.75, 3.05) is 19.7 Å². The molecule has 0 unspecified atom stereocenters. The van der Waals surface area contributed by atoms with Crippen molar-refractivity contribution in [3.8, 4) is 16.9 Å². The van der Waals surface area contributed by atoms with Gasteiger partial charge in [-0.05, 0) is 17.2 Å². The SMILES string of the molecule is O=C(COc1ccccc1-c1ccccc1)NCc1ccc(C[NH+]2CCCC2)cc1. The summed E-state index contributed by atoms with van der Waals surface area (Å²) in [4.78, 5) is 14.0. The lowest BCUT2D eigenvalue weighted by Gasteiger charge is -2.13. The van der Waals surface area contributed by atoms with Crippen molar-refractivity contribution < 1.29 is 14.4 Å². The van der Waals surface area contributed by atoms with E-state index in [1.807, 2.05) is 54.6 Å². The Morgan fingerprint density at radius 2 is 1.50 bits per heavy atom. The molecular weight excluding hydrogens is 372 g/mol. The summed E-state index contributed by atoms with van der Waals surface area (Å²) in [7, 11) is 0. The first-order valence-corrected chi connectivity index (χ1v) is 10.7. The second-order valence-electron chi connectivity index (χ2n) is 7.88. The van der Waals surface area contributed by atoms with Crippen LogP contribution in [0, 0.1) is 0 Å². The van der Waals surface area contributed by atoms with E-state index in [-0.39, 0.29) is 12.5 Å². The van der Waals surface area contributed by atoms with Crippen LogP contribution < -0.4 is 15.0 Å². The molecular formula is C26H29N2O2+. The van der Waals surface area contributed by atoms with Crippen molar-refractivity contribution in [3.63, 3.8) is 0 Å². The Morgan fingerprint density at radius 1 is 0.833 bits per heavy atom. The van der Waals surface area contributed by atoms with Crippen LogP contribution in [0.15, 0.2) is 78.9 Å². The highest BCUT2D eigenvalue weighted by molar-refractivity contribution is 5.78. The molecule has 0 saturated carbocycles. The van der Waals surface area contributed by atoms with Crippen LogP contribution in [0.5, 0.6) is 5.75 Å². The van der Waals surface area contributed by atoms with Gasteiger partial charge in [-0.3, -0.25) is 4.79 Å². The lowest BCUT2D eigenvalue weighted by atomic mass is 10.1. The quantitative estimate of drug-likeness (QED) is 0.609. The maximum atomic E-state index is 12.3. The molecule has 0 spiro atoms. The van der Waals surface area contributed by atoms with Crippen LogP contribution in [0.3, 0.4) is 0 Å². The first-order valence-electron chi connectivity index (χ1n) is 10.7. The Morgan fingerprint density at radius 3 is 2.27 bits per heavy atom. The number of benzene rings is 3. The highest BCUT2D eigenvalue weighted by Gasteiger charge is 2.15. The molecule has 0 atom stereocenters. The fourth-order valence-electron chi connectivity index (χ4n) is 3.96. The van der Waals surface area contributed by atoms with Crippen molar-refractivity contribution >= 4 is 5.91 Å². The second-order valence-corrected chi connectivity index (χ2v) is 7.88. The van der Waals surface area contributed by atoms with Crippen LogP contribution in [0.25, 0.3) is 11.1 Å². The van der Waals surface area contributed by atoms with Crippen LogP contribution in [-0.4, -0.2) is 25.6 Å². The van der Waals surface area contributed by atoms with E-state index in [4.69, 9.17) is 4.74 Å². The predicted molar refractivity (Wildman–Crippen MR) is 119 cm³/mol.